The van der Waals surface area contributed by atoms with E-state index >= 15 is 0 Å². The Morgan fingerprint density at radius 3 is 2.47 bits per heavy atom. The highest BCUT2D eigenvalue weighted by atomic mass is 16.4. The molecule has 92 valence electrons. The fraction of sp³-hybridized carbons (Fsp3) is 0.385. The standard InChI is InChI=1S/C13H17NO3/c1-9(2)14(8-12(15)16)13(17)11-6-4-5-10(3)7-11/h4-7,9H,8H2,1-3H3,(H,15,16). The molecule has 0 spiro atoms. The van der Waals surface area contributed by atoms with Crippen LogP contribution in [-0.2, 0) is 4.79 Å². The molecular formula is C13H17NO3. The SMILES string of the molecule is Cc1cccc(C(=O)N(CC(=O)O)C(C)C)c1. The molecule has 0 bridgehead atoms. The summed E-state index contributed by atoms with van der Waals surface area (Å²) in [5.74, 6) is -1.24. The summed E-state index contributed by atoms with van der Waals surface area (Å²) in [7, 11) is 0. The summed E-state index contributed by atoms with van der Waals surface area (Å²) in [6, 6.07) is 7.01. The molecule has 0 aromatic heterocycles. The third-order valence-corrected chi connectivity index (χ3v) is 2.45. The van der Waals surface area contributed by atoms with E-state index in [0.717, 1.165) is 5.56 Å². The first kappa shape index (κ1) is 13.2. The van der Waals surface area contributed by atoms with Crippen LogP contribution in [0, 0.1) is 6.92 Å². The first-order chi connectivity index (χ1) is 7.91. The molecule has 1 aromatic carbocycles. The van der Waals surface area contributed by atoms with E-state index in [0.29, 0.717) is 5.56 Å². The maximum absolute atomic E-state index is 12.1. The minimum atomic E-state index is -1.00. The van der Waals surface area contributed by atoms with Crippen LogP contribution in [0.4, 0.5) is 0 Å². The Hall–Kier alpha value is -1.84. The molecule has 0 saturated carbocycles. The molecule has 0 fully saturated rings. The third kappa shape index (κ3) is 3.59. The number of nitrogens with zero attached hydrogens (tertiary/aromatic N) is 1. The molecule has 0 aliphatic heterocycles. The predicted octanol–water partition coefficient (Wildman–Crippen LogP) is 1.93. The predicted molar refractivity (Wildman–Crippen MR) is 65.0 cm³/mol. The summed E-state index contributed by atoms with van der Waals surface area (Å²) < 4.78 is 0. The fourth-order valence-electron chi connectivity index (χ4n) is 1.58. The number of hydrogen-bond acceptors (Lipinski definition) is 2. The molecule has 0 aliphatic rings. The van der Waals surface area contributed by atoms with Gasteiger partial charge in [-0.15, -0.1) is 0 Å². The average molecular weight is 235 g/mol. The van der Waals surface area contributed by atoms with Crippen molar-refractivity contribution in [1.82, 2.24) is 4.90 Å². The van der Waals surface area contributed by atoms with Gasteiger partial charge in [-0.3, -0.25) is 9.59 Å². The van der Waals surface area contributed by atoms with Gasteiger partial charge in [-0.2, -0.15) is 0 Å². The third-order valence-electron chi connectivity index (χ3n) is 2.45. The Morgan fingerprint density at radius 1 is 1.35 bits per heavy atom. The molecule has 4 heteroatoms. The summed E-state index contributed by atoms with van der Waals surface area (Å²) >= 11 is 0. The molecule has 0 radical (unpaired) electrons. The number of carbonyl (C=O) groups is 2. The lowest BCUT2D eigenvalue weighted by molar-refractivity contribution is -0.138. The van der Waals surface area contributed by atoms with Crippen molar-refractivity contribution in [1.29, 1.82) is 0 Å². The second-order valence-electron chi connectivity index (χ2n) is 4.29. The van der Waals surface area contributed by atoms with E-state index in [4.69, 9.17) is 5.11 Å². The number of carboxylic acid groups (broad SMARTS) is 1. The maximum Gasteiger partial charge on any atom is 0.323 e. The fourth-order valence-corrected chi connectivity index (χ4v) is 1.58. The number of aryl methyl sites for hydroxylation is 1. The topological polar surface area (TPSA) is 57.6 Å². The number of aliphatic carboxylic acids is 1. The highest BCUT2D eigenvalue weighted by Crippen LogP contribution is 2.10. The monoisotopic (exact) mass is 235 g/mol. The summed E-state index contributed by atoms with van der Waals surface area (Å²) in [6.07, 6.45) is 0. The van der Waals surface area contributed by atoms with E-state index in [2.05, 4.69) is 0 Å². The Morgan fingerprint density at radius 2 is 2.00 bits per heavy atom. The molecule has 0 unspecified atom stereocenters. The Balaban J connectivity index is 2.95. The van der Waals surface area contributed by atoms with Gasteiger partial charge in [0.25, 0.3) is 5.91 Å². The number of hydrogen-bond donors (Lipinski definition) is 1. The van der Waals surface area contributed by atoms with Crippen molar-refractivity contribution in [3.05, 3.63) is 35.4 Å². The molecular weight excluding hydrogens is 218 g/mol. The van der Waals surface area contributed by atoms with Gasteiger partial charge >= 0.3 is 5.97 Å². The van der Waals surface area contributed by atoms with Gasteiger partial charge in [0.05, 0.1) is 0 Å². The van der Waals surface area contributed by atoms with Gasteiger partial charge in [0, 0.05) is 11.6 Å². The van der Waals surface area contributed by atoms with Crippen LogP contribution in [0.3, 0.4) is 0 Å². The van der Waals surface area contributed by atoms with Gasteiger partial charge in [0.2, 0.25) is 0 Å². The zero-order valence-corrected chi connectivity index (χ0v) is 10.3. The molecule has 1 aromatic rings. The molecule has 1 amide bonds. The summed E-state index contributed by atoms with van der Waals surface area (Å²) in [6.45, 7) is 5.23. The summed E-state index contributed by atoms with van der Waals surface area (Å²) in [4.78, 5) is 24.2. The molecule has 1 N–H and O–H groups in total. The van der Waals surface area contributed by atoms with Gasteiger partial charge in [-0.25, -0.2) is 0 Å². The van der Waals surface area contributed by atoms with E-state index in [9.17, 15) is 9.59 Å². The number of amides is 1. The number of rotatable bonds is 4. The highest BCUT2D eigenvalue weighted by Gasteiger charge is 2.21. The van der Waals surface area contributed by atoms with Crippen molar-refractivity contribution in [2.75, 3.05) is 6.54 Å². The van der Waals surface area contributed by atoms with E-state index in [-0.39, 0.29) is 18.5 Å². The Labute approximate surface area is 101 Å². The Bertz CT molecular complexity index is 426. The van der Waals surface area contributed by atoms with Gasteiger partial charge in [0.15, 0.2) is 0 Å². The molecule has 0 aliphatic carbocycles. The zero-order valence-electron chi connectivity index (χ0n) is 10.3. The van der Waals surface area contributed by atoms with Crippen LogP contribution < -0.4 is 0 Å². The van der Waals surface area contributed by atoms with Crippen LogP contribution in [0.15, 0.2) is 24.3 Å². The van der Waals surface area contributed by atoms with Crippen molar-refractivity contribution >= 4 is 11.9 Å². The highest BCUT2D eigenvalue weighted by molar-refractivity contribution is 5.96. The number of carbonyl (C=O) groups excluding carboxylic acids is 1. The van der Waals surface area contributed by atoms with Crippen LogP contribution in [0.2, 0.25) is 0 Å². The van der Waals surface area contributed by atoms with Crippen LogP contribution in [0.25, 0.3) is 0 Å². The molecule has 0 saturated heterocycles. The van der Waals surface area contributed by atoms with E-state index < -0.39 is 5.97 Å². The van der Waals surface area contributed by atoms with E-state index in [1.54, 1.807) is 32.0 Å². The number of benzene rings is 1. The van der Waals surface area contributed by atoms with Crippen molar-refractivity contribution in [3.8, 4) is 0 Å². The lowest BCUT2D eigenvalue weighted by atomic mass is 10.1. The lowest BCUT2D eigenvalue weighted by Crippen LogP contribution is -2.40. The van der Waals surface area contributed by atoms with Crippen molar-refractivity contribution in [2.24, 2.45) is 0 Å². The molecule has 0 atom stereocenters. The van der Waals surface area contributed by atoms with Crippen molar-refractivity contribution in [3.63, 3.8) is 0 Å². The van der Waals surface area contributed by atoms with E-state index in [1.807, 2.05) is 13.0 Å². The van der Waals surface area contributed by atoms with Gasteiger partial charge in [0.1, 0.15) is 6.54 Å². The molecule has 0 heterocycles. The average Bonchev–Trinajstić information content (AvgIpc) is 2.24. The van der Waals surface area contributed by atoms with Crippen LogP contribution in [-0.4, -0.2) is 34.5 Å². The largest absolute Gasteiger partial charge is 0.480 e. The second-order valence-corrected chi connectivity index (χ2v) is 4.29. The van der Waals surface area contributed by atoms with E-state index in [1.165, 1.54) is 4.90 Å². The van der Waals surface area contributed by atoms with Crippen LogP contribution in [0.5, 0.6) is 0 Å². The molecule has 4 nitrogen and oxygen atoms in total. The second kappa shape index (κ2) is 5.48. The van der Waals surface area contributed by atoms with Crippen LogP contribution in [0.1, 0.15) is 29.8 Å². The minimum Gasteiger partial charge on any atom is -0.480 e. The molecule has 1 rings (SSSR count). The summed E-state index contributed by atoms with van der Waals surface area (Å²) in [5.41, 5.74) is 1.51. The van der Waals surface area contributed by atoms with Crippen molar-refractivity contribution in [2.45, 2.75) is 26.8 Å². The first-order valence-corrected chi connectivity index (χ1v) is 5.51. The smallest absolute Gasteiger partial charge is 0.323 e. The molecule has 17 heavy (non-hydrogen) atoms. The minimum absolute atomic E-state index is 0.140. The Kier molecular flexibility index (Phi) is 4.26. The zero-order chi connectivity index (χ0) is 13.0. The summed E-state index contributed by atoms with van der Waals surface area (Å²) in [5, 5.41) is 8.79. The maximum atomic E-state index is 12.1. The lowest BCUT2D eigenvalue weighted by Gasteiger charge is -2.25. The quantitative estimate of drug-likeness (QED) is 0.867. The van der Waals surface area contributed by atoms with Crippen LogP contribution >= 0.6 is 0 Å². The first-order valence-electron chi connectivity index (χ1n) is 5.51. The van der Waals surface area contributed by atoms with Gasteiger partial charge in [-0.1, -0.05) is 17.7 Å². The van der Waals surface area contributed by atoms with Gasteiger partial charge < -0.3 is 10.0 Å². The normalized spacial score (nSPS) is 10.4. The van der Waals surface area contributed by atoms with Gasteiger partial charge in [-0.05, 0) is 32.9 Å². The number of carboxylic acids is 1. The van der Waals surface area contributed by atoms with Crippen molar-refractivity contribution < 1.29 is 14.7 Å².